The van der Waals surface area contributed by atoms with Gasteiger partial charge < -0.3 is 5.32 Å². The molecule has 1 rings (SSSR count). The number of hydrogen-bond acceptors (Lipinski definition) is 2. The number of hydrogen-bond donors (Lipinski definition) is 1. The summed E-state index contributed by atoms with van der Waals surface area (Å²) < 4.78 is 0. The zero-order valence-corrected chi connectivity index (χ0v) is 12.2. The maximum atomic E-state index is 12.0. The summed E-state index contributed by atoms with van der Waals surface area (Å²) in [6.07, 6.45) is 1.78. The van der Waals surface area contributed by atoms with Crippen LogP contribution in [0.25, 0.3) is 0 Å². The van der Waals surface area contributed by atoms with Gasteiger partial charge in [-0.15, -0.1) is 0 Å². The minimum atomic E-state index is -0.0684. The molecular weight excluding hydrogens is 238 g/mol. The molecule has 19 heavy (non-hydrogen) atoms. The lowest BCUT2D eigenvalue weighted by Gasteiger charge is -2.11. The first-order chi connectivity index (χ1) is 8.95. The third-order valence-corrected chi connectivity index (χ3v) is 2.94. The Morgan fingerprint density at radius 1 is 1.26 bits per heavy atom. The lowest BCUT2D eigenvalue weighted by molar-refractivity contribution is 0.0946. The third kappa shape index (κ3) is 4.51. The molecule has 1 aromatic rings. The summed E-state index contributed by atoms with van der Waals surface area (Å²) in [6.45, 7) is 8.40. The van der Waals surface area contributed by atoms with Crippen molar-refractivity contribution < 1.29 is 9.59 Å². The average Bonchev–Trinajstić information content (AvgIpc) is 2.35. The number of Topliss-reactive ketones (excluding diaryl/α,β-unsaturated/α-hetero) is 1. The first kappa shape index (κ1) is 15.4. The van der Waals surface area contributed by atoms with Gasteiger partial charge in [0.2, 0.25) is 0 Å². The average molecular weight is 261 g/mol. The van der Waals surface area contributed by atoms with Crippen LogP contribution in [-0.2, 0) is 6.42 Å². The molecule has 0 atom stereocenters. The van der Waals surface area contributed by atoms with Crippen LogP contribution in [0.4, 0.5) is 0 Å². The van der Waals surface area contributed by atoms with Crippen LogP contribution in [0, 0.1) is 5.92 Å². The van der Waals surface area contributed by atoms with E-state index in [1.54, 1.807) is 19.1 Å². The Kier molecular flexibility index (Phi) is 5.74. The van der Waals surface area contributed by atoms with Crippen molar-refractivity contribution in [3.05, 3.63) is 34.9 Å². The number of carbonyl (C=O) groups excluding carboxylic acids is 2. The van der Waals surface area contributed by atoms with E-state index in [4.69, 9.17) is 0 Å². The minimum absolute atomic E-state index is 0.0533. The van der Waals surface area contributed by atoms with Crippen molar-refractivity contribution >= 4 is 11.7 Å². The van der Waals surface area contributed by atoms with Crippen molar-refractivity contribution in [2.75, 3.05) is 6.54 Å². The Morgan fingerprint density at radius 3 is 2.47 bits per heavy atom. The van der Waals surface area contributed by atoms with Crippen LogP contribution < -0.4 is 5.32 Å². The number of aryl methyl sites for hydroxylation is 1. The summed E-state index contributed by atoms with van der Waals surface area (Å²) in [4.78, 5) is 23.5. The number of amides is 1. The molecular formula is C16H23NO2. The number of rotatable bonds is 6. The summed E-state index contributed by atoms with van der Waals surface area (Å²) >= 11 is 0. The molecule has 104 valence electrons. The fourth-order valence-corrected chi connectivity index (χ4v) is 1.95. The van der Waals surface area contributed by atoms with Crippen molar-refractivity contribution in [1.82, 2.24) is 5.32 Å². The molecule has 3 nitrogen and oxygen atoms in total. The van der Waals surface area contributed by atoms with E-state index >= 15 is 0 Å². The SMILES string of the molecule is CCCc1cc(C(=O)NCC(C)C)ccc1C(C)=O. The van der Waals surface area contributed by atoms with E-state index in [9.17, 15) is 9.59 Å². The molecule has 0 heterocycles. The maximum absolute atomic E-state index is 12.0. The zero-order valence-electron chi connectivity index (χ0n) is 12.2. The second-order valence-electron chi connectivity index (χ2n) is 5.28. The van der Waals surface area contributed by atoms with E-state index in [1.165, 1.54) is 0 Å². The standard InChI is InChI=1S/C16H23NO2/c1-5-6-13-9-14(7-8-15(13)12(4)18)16(19)17-10-11(2)3/h7-9,11H,5-6,10H2,1-4H3,(H,17,19). The number of nitrogens with one attached hydrogen (secondary N) is 1. The largest absolute Gasteiger partial charge is 0.352 e. The topological polar surface area (TPSA) is 46.2 Å². The van der Waals surface area contributed by atoms with Gasteiger partial charge in [0.25, 0.3) is 5.91 Å². The van der Waals surface area contributed by atoms with E-state index in [1.807, 2.05) is 6.07 Å². The molecule has 3 heteroatoms. The molecule has 0 aliphatic rings. The molecule has 1 N–H and O–H groups in total. The van der Waals surface area contributed by atoms with Crippen LogP contribution >= 0.6 is 0 Å². The van der Waals surface area contributed by atoms with Gasteiger partial charge in [0.15, 0.2) is 5.78 Å². The molecule has 0 saturated carbocycles. The highest BCUT2D eigenvalue weighted by Crippen LogP contribution is 2.15. The fraction of sp³-hybridized carbons (Fsp3) is 0.500. The normalized spacial score (nSPS) is 10.6. The first-order valence-electron chi connectivity index (χ1n) is 6.87. The molecule has 0 aliphatic heterocycles. The monoisotopic (exact) mass is 261 g/mol. The fourth-order valence-electron chi connectivity index (χ4n) is 1.95. The molecule has 0 bridgehead atoms. The Bertz CT molecular complexity index is 464. The Labute approximate surface area is 115 Å². The van der Waals surface area contributed by atoms with Gasteiger partial charge in [-0.3, -0.25) is 9.59 Å². The van der Waals surface area contributed by atoms with Crippen LogP contribution in [0.2, 0.25) is 0 Å². The summed E-state index contributed by atoms with van der Waals surface area (Å²) in [6, 6.07) is 5.33. The first-order valence-corrected chi connectivity index (χ1v) is 6.87. The van der Waals surface area contributed by atoms with Gasteiger partial charge in [0.1, 0.15) is 0 Å². The highest BCUT2D eigenvalue weighted by atomic mass is 16.1. The third-order valence-electron chi connectivity index (χ3n) is 2.94. The number of carbonyl (C=O) groups is 2. The molecule has 0 aliphatic carbocycles. The van der Waals surface area contributed by atoms with E-state index in [0.717, 1.165) is 24.0 Å². The van der Waals surface area contributed by atoms with E-state index in [2.05, 4.69) is 26.1 Å². The quantitative estimate of drug-likeness (QED) is 0.799. The van der Waals surface area contributed by atoms with Gasteiger partial charge >= 0.3 is 0 Å². The van der Waals surface area contributed by atoms with Gasteiger partial charge in [-0.2, -0.15) is 0 Å². The lowest BCUT2D eigenvalue weighted by Crippen LogP contribution is -2.27. The van der Waals surface area contributed by atoms with Crippen molar-refractivity contribution in [3.63, 3.8) is 0 Å². The van der Waals surface area contributed by atoms with Crippen molar-refractivity contribution in [1.29, 1.82) is 0 Å². The second kappa shape index (κ2) is 7.07. The predicted octanol–water partition coefficient (Wildman–Crippen LogP) is 3.23. The van der Waals surface area contributed by atoms with E-state index in [-0.39, 0.29) is 11.7 Å². The zero-order chi connectivity index (χ0) is 14.4. The summed E-state index contributed by atoms with van der Waals surface area (Å²) in [5, 5.41) is 2.89. The molecule has 0 spiro atoms. The molecule has 1 aromatic carbocycles. The molecule has 0 fully saturated rings. The highest BCUT2D eigenvalue weighted by molar-refractivity contribution is 5.99. The van der Waals surface area contributed by atoms with Crippen molar-refractivity contribution in [2.45, 2.75) is 40.5 Å². The summed E-state index contributed by atoms with van der Waals surface area (Å²) in [7, 11) is 0. The van der Waals surface area contributed by atoms with Crippen LogP contribution in [0.3, 0.4) is 0 Å². The Hall–Kier alpha value is -1.64. The van der Waals surface area contributed by atoms with Gasteiger partial charge in [-0.05, 0) is 37.0 Å². The number of ketones is 1. The highest BCUT2D eigenvalue weighted by Gasteiger charge is 2.11. The van der Waals surface area contributed by atoms with Crippen LogP contribution in [0.5, 0.6) is 0 Å². The predicted molar refractivity (Wildman–Crippen MR) is 77.6 cm³/mol. The van der Waals surface area contributed by atoms with Gasteiger partial charge in [-0.25, -0.2) is 0 Å². The lowest BCUT2D eigenvalue weighted by atomic mass is 9.97. The Balaban J connectivity index is 2.94. The Morgan fingerprint density at radius 2 is 1.95 bits per heavy atom. The molecule has 0 unspecified atom stereocenters. The number of benzene rings is 1. The summed E-state index contributed by atoms with van der Waals surface area (Å²) in [5.74, 6) is 0.411. The van der Waals surface area contributed by atoms with E-state index in [0.29, 0.717) is 18.0 Å². The van der Waals surface area contributed by atoms with Crippen LogP contribution in [0.1, 0.15) is 60.4 Å². The molecule has 0 radical (unpaired) electrons. The molecule has 1 amide bonds. The van der Waals surface area contributed by atoms with Gasteiger partial charge in [0, 0.05) is 17.7 Å². The maximum Gasteiger partial charge on any atom is 0.251 e. The van der Waals surface area contributed by atoms with Crippen LogP contribution in [-0.4, -0.2) is 18.2 Å². The second-order valence-corrected chi connectivity index (χ2v) is 5.28. The molecule has 0 saturated heterocycles. The molecule has 0 aromatic heterocycles. The smallest absolute Gasteiger partial charge is 0.251 e. The minimum Gasteiger partial charge on any atom is -0.352 e. The summed E-state index contributed by atoms with van der Waals surface area (Å²) in [5.41, 5.74) is 2.32. The van der Waals surface area contributed by atoms with Gasteiger partial charge in [-0.1, -0.05) is 33.3 Å². The van der Waals surface area contributed by atoms with Crippen molar-refractivity contribution in [2.24, 2.45) is 5.92 Å². The van der Waals surface area contributed by atoms with Crippen molar-refractivity contribution in [3.8, 4) is 0 Å². The van der Waals surface area contributed by atoms with E-state index < -0.39 is 0 Å². The van der Waals surface area contributed by atoms with Crippen LogP contribution in [0.15, 0.2) is 18.2 Å². The van der Waals surface area contributed by atoms with Gasteiger partial charge in [0.05, 0.1) is 0 Å².